The molecule has 21 heavy (non-hydrogen) atoms. The lowest BCUT2D eigenvalue weighted by molar-refractivity contribution is -0.151. The summed E-state index contributed by atoms with van der Waals surface area (Å²) in [5, 5.41) is 2.93. The highest BCUT2D eigenvalue weighted by Gasteiger charge is 2.41. The SMILES string of the molecule is CC(C)CCCN1C(=O)C(CC(C)C)NC(=O)C1C(C)C. The first-order chi connectivity index (χ1) is 9.73. The Hall–Kier alpha value is -1.06. The highest BCUT2D eigenvalue weighted by molar-refractivity contribution is 5.97. The van der Waals surface area contributed by atoms with Gasteiger partial charge in [-0.3, -0.25) is 9.59 Å². The standard InChI is InChI=1S/C17H32N2O2/c1-11(2)8-7-9-19-15(13(5)6)16(20)18-14(17(19)21)10-12(3)4/h11-15H,7-10H2,1-6H3,(H,18,20). The van der Waals surface area contributed by atoms with Crippen molar-refractivity contribution in [3.8, 4) is 0 Å². The van der Waals surface area contributed by atoms with Gasteiger partial charge in [0.15, 0.2) is 0 Å². The van der Waals surface area contributed by atoms with Crippen molar-refractivity contribution in [2.45, 2.75) is 72.9 Å². The maximum atomic E-state index is 12.7. The van der Waals surface area contributed by atoms with Gasteiger partial charge in [0.2, 0.25) is 11.8 Å². The summed E-state index contributed by atoms with van der Waals surface area (Å²) < 4.78 is 0. The number of hydrogen-bond donors (Lipinski definition) is 1. The topological polar surface area (TPSA) is 49.4 Å². The van der Waals surface area contributed by atoms with E-state index in [1.165, 1.54) is 0 Å². The Morgan fingerprint density at radius 3 is 2.14 bits per heavy atom. The molecule has 0 aromatic rings. The molecule has 0 aliphatic carbocycles. The van der Waals surface area contributed by atoms with Crippen molar-refractivity contribution in [2.24, 2.45) is 17.8 Å². The number of hydrogen-bond acceptors (Lipinski definition) is 2. The predicted octanol–water partition coefficient (Wildman–Crippen LogP) is 2.82. The van der Waals surface area contributed by atoms with Gasteiger partial charge in [0, 0.05) is 6.54 Å². The number of carbonyl (C=O) groups is 2. The summed E-state index contributed by atoms with van der Waals surface area (Å²) in [5.41, 5.74) is 0. The average molecular weight is 296 g/mol. The molecule has 1 N–H and O–H groups in total. The van der Waals surface area contributed by atoms with Gasteiger partial charge in [-0.1, -0.05) is 41.5 Å². The highest BCUT2D eigenvalue weighted by Crippen LogP contribution is 2.21. The first kappa shape index (κ1) is 18.0. The van der Waals surface area contributed by atoms with Gasteiger partial charge in [0.05, 0.1) is 0 Å². The van der Waals surface area contributed by atoms with Gasteiger partial charge in [-0.25, -0.2) is 0 Å². The van der Waals surface area contributed by atoms with E-state index in [1.54, 1.807) is 0 Å². The summed E-state index contributed by atoms with van der Waals surface area (Å²) in [6, 6.07) is -0.653. The van der Waals surface area contributed by atoms with E-state index in [9.17, 15) is 9.59 Å². The van der Waals surface area contributed by atoms with Gasteiger partial charge in [0.25, 0.3) is 0 Å². The van der Waals surface area contributed by atoms with Crippen molar-refractivity contribution in [3.63, 3.8) is 0 Å². The average Bonchev–Trinajstić information content (AvgIpc) is 2.33. The van der Waals surface area contributed by atoms with Crippen LogP contribution in [0.15, 0.2) is 0 Å². The first-order valence-corrected chi connectivity index (χ1v) is 8.34. The van der Waals surface area contributed by atoms with Crippen LogP contribution in [0.1, 0.15) is 60.8 Å². The smallest absolute Gasteiger partial charge is 0.245 e. The molecule has 0 bridgehead atoms. The number of rotatable bonds is 7. The second kappa shape index (κ2) is 7.81. The Labute approximate surface area is 129 Å². The third-order valence-electron chi connectivity index (χ3n) is 4.02. The number of piperazine rings is 1. The number of carbonyl (C=O) groups excluding carboxylic acids is 2. The number of amides is 2. The van der Waals surface area contributed by atoms with Crippen molar-refractivity contribution in [1.82, 2.24) is 10.2 Å². The zero-order valence-electron chi connectivity index (χ0n) is 14.5. The summed E-state index contributed by atoms with van der Waals surface area (Å²) in [6.45, 7) is 13.2. The summed E-state index contributed by atoms with van der Waals surface area (Å²) >= 11 is 0. The molecule has 1 rings (SSSR count). The summed E-state index contributed by atoms with van der Waals surface area (Å²) in [5.74, 6) is 1.29. The molecule has 0 radical (unpaired) electrons. The number of nitrogens with zero attached hydrogens (tertiary/aromatic N) is 1. The van der Waals surface area contributed by atoms with Crippen LogP contribution in [0, 0.1) is 17.8 Å². The van der Waals surface area contributed by atoms with Crippen molar-refractivity contribution >= 4 is 11.8 Å². The van der Waals surface area contributed by atoms with Crippen LogP contribution in [-0.4, -0.2) is 35.3 Å². The van der Waals surface area contributed by atoms with Gasteiger partial charge in [-0.15, -0.1) is 0 Å². The summed E-state index contributed by atoms with van der Waals surface area (Å²) in [6.07, 6.45) is 2.77. The van der Waals surface area contributed by atoms with E-state index in [4.69, 9.17) is 0 Å². The molecule has 1 heterocycles. The molecule has 0 spiro atoms. The molecular formula is C17H32N2O2. The Morgan fingerprint density at radius 2 is 1.67 bits per heavy atom. The molecule has 1 aliphatic rings. The Bertz CT molecular complexity index is 364. The van der Waals surface area contributed by atoms with Crippen molar-refractivity contribution in [3.05, 3.63) is 0 Å². The normalized spacial score (nSPS) is 23.4. The Balaban J connectivity index is 2.82. The van der Waals surface area contributed by atoms with Crippen molar-refractivity contribution < 1.29 is 9.59 Å². The maximum absolute atomic E-state index is 12.7. The van der Waals surface area contributed by atoms with E-state index in [0.29, 0.717) is 18.4 Å². The lowest BCUT2D eigenvalue weighted by Crippen LogP contribution is -2.65. The third-order valence-corrected chi connectivity index (χ3v) is 4.02. The largest absolute Gasteiger partial charge is 0.342 e. The Kier molecular flexibility index (Phi) is 6.69. The van der Waals surface area contributed by atoms with Gasteiger partial charge in [0.1, 0.15) is 12.1 Å². The van der Waals surface area contributed by atoms with Gasteiger partial charge in [-0.2, -0.15) is 0 Å². The fourth-order valence-electron chi connectivity index (χ4n) is 3.01. The molecule has 4 nitrogen and oxygen atoms in total. The zero-order chi connectivity index (χ0) is 16.2. The highest BCUT2D eigenvalue weighted by atomic mass is 16.2. The van der Waals surface area contributed by atoms with Crippen LogP contribution in [0.25, 0.3) is 0 Å². The van der Waals surface area contributed by atoms with E-state index < -0.39 is 0 Å². The molecular weight excluding hydrogens is 264 g/mol. The minimum atomic E-state index is -0.341. The van der Waals surface area contributed by atoms with Gasteiger partial charge >= 0.3 is 0 Å². The lowest BCUT2D eigenvalue weighted by atomic mass is 9.93. The molecule has 2 unspecified atom stereocenters. The van der Waals surface area contributed by atoms with Crippen LogP contribution in [0.4, 0.5) is 0 Å². The monoisotopic (exact) mass is 296 g/mol. The second-order valence-corrected chi connectivity index (χ2v) is 7.45. The maximum Gasteiger partial charge on any atom is 0.245 e. The molecule has 1 aliphatic heterocycles. The van der Waals surface area contributed by atoms with Crippen LogP contribution in [-0.2, 0) is 9.59 Å². The molecule has 2 atom stereocenters. The Morgan fingerprint density at radius 1 is 1.05 bits per heavy atom. The van der Waals surface area contributed by atoms with Crippen LogP contribution < -0.4 is 5.32 Å². The molecule has 0 aromatic heterocycles. The van der Waals surface area contributed by atoms with E-state index in [0.717, 1.165) is 19.3 Å². The molecule has 0 aromatic carbocycles. The van der Waals surface area contributed by atoms with Crippen molar-refractivity contribution in [1.29, 1.82) is 0 Å². The minimum Gasteiger partial charge on any atom is -0.342 e. The van der Waals surface area contributed by atoms with Crippen LogP contribution in [0.5, 0.6) is 0 Å². The van der Waals surface area contributed by atoms with E-state index >= 15 is 0 Å². The van der Waals surface area contributed by atoms with E-state index in [1.807, 2.05) is 18.7 Å². The van der Waals surface area contributed by atoms with E-state index in [2.05, 4.69) is 33.0 Å². The summed E-state index contributed by atoms with van der Waals surface area (Å²) in [4.78, 5) is 26.9. The van der Waals surface area contributed by atoms with Crippen LogP contribution in [0.3, 0.4) is 0 Å². The molecule has 1 saturated heterocycles. The fraction of sp³-hybridized carbons (Fsp3) is 0.882. The van der Waals surface area contributed by atoms with Gasteiger partial charge in [-0.05, 0) is 37.0 Å². The lowest BCUT2D eigenvalue weighted by Gasteiger charge is -2.41. The number of nitrogens with one attached hydrogen (secondary N) is 1. The van der Waals surface area contributed by atoms with Crippen LogP contribution >= 0.6 is 0 Å². The van der Waals surface area contributed by atoms with Crippen molar-refractivity contribution in [2.75, 3.05) is 6.54 Å². The molecule has 122 valence electrons. The molecule has 1 fully saturated rings. The third kappa shape index (κ3) is 5.01. The van der Waals surface area contributed by atoms with E-state index in [-0.39, 0.29) is 29.8 Å². The second-order valence-electron chi connectivity index (χ2n) is 7.45. The fourth-order valence-corrected chi connectivity index (χ4v) is 3.01. The molecule has 4 heteroatoms. The van der Waals surface area contributed by atoms with Gasteiger partial charge < -0.3 is 10.2 Å². The quantitative estimate of drug-likeness (QED) is 0.785. The minimum absolute atomic E-state index is 0.0137. The van der Waals surface area contributed by atoms with Crippen LogP contribution in [0.2, 0.25) is 0 Å². The predicted molar refractivity (Wildman–Crippen MR) is 85.8 cm³/mol. The zero-order valence-corrected chi connectivity index (χ0v) is 14.5. The molecule has 0 saturated carbocycles. The summed E-state index contributed by atoms with van der Waals surface area (Å²) in [7, 11) is 0. The molecule has 2 amide bonds. The first-order valence-electron chi connectivity index (χ1n) is 8.34.